The molecule has 0 unspecified atom stereocenters. The largest absolute Gasteiger partial charge is 1.00 e. The molecule has 1 nitrogen and oxygen atoms in total. The Labute approximate surface area is 126 Å². The molecule has 1 aliphatic heterocycles. The van der Waals surface area contributed by atoms with E-state index in [9.17, 15) is 0 Å². The first-order valence-corrected chi connectivity index (χ1v) is 7.03. The molecule has 102 valence electrons. The second-order valence-corrected chi connectivity index (χ2v) is 5.76. The molecule has 0 saturated heterocycles. The van der Waals surface area contributed by atoms with Crippen molar-refractivity contribution in [2.45, 2.75) is 33.9 Å². The number of nitrogens with zero attached hydrogens (tertiary/aromatic N) is 1. The summed E-state index contributed by atoms with van der Waals surface area (Å²) in [6.07, 6.45) is 0. The topological polar surface area (TPSA) is 0 Å². The van der Waals surface area contributed by atoms with E-state index in [1.165, 1.54) is 47.0 Å². The van der Waals surface area contributed by atoms with Crippen molar-refractivity contribution in [3.05, 3.63) is 47.0 Å². The molecule has 0 fully saturated rings. The second kappa shape index (κ2) is 5.26. The highest BCUT2D eigenvalue weighted by molar-refractivity contribution is 5.84. The fraction of sp³-hybridized carbons (Fsp3) is 0.412. The molecule has 0 amide bonds. The number of benzene rings is 2. The summed E-state index contributed by atoms with van der Waals surface area (Å²) in [5, 5.41) is 2.80. The third-order valence-corrected chi connectivity index (χ3v) is 4.67. The van der Waals surface area contributed by atoms with Crippen LogP contribution in [0.3, 0.4) is 0 Å². The fourth-order valence-corrected chi connectivity index (χ4v) is 3.26. The van der Waals surface area contributed by atoms with Crippen molar-refractivity contribution in [2.24, 2.45) is 0 Å². The van der Waals surface area contributed by atoms with Gasteiger partial charge in [-0.15, -0.1) is 0 Å². The molecule has 0 atom stereocenters. The number of hydrogen-bond acceptors (Lipinski definition) is 0. The highest BCUT2D eigenvalue weighted by atomic mass is 79.9. The lowest BCUT2D eigenvalue weighted by molar-refractivity contribution is -0.944. The number of quaternary nitrogens is 1. The van der Waals surface area contributed by atoms with Gasteiger partial charge in [-0.05, 0) is 43.7 Å². The zero-order valence-electron chi connectivity index (χ0n) is 12.0. The molecule has 0 N–H and O–H groups in total. The van der Waals surface area contributed by atoms with Gasteiger partial charge in [0.1, 0.15) is 13.1 Å². The van der Waals surface area contributed by atoms with E-state index in [1.807, 2.05) is 0 Å². The van der Waals surface area contributed by atoms with Crippen LogP contribution in [-0.2, 0) is 13.1 Å². The summed E-state index contributed by atoms with van der Waals surface area (Å²) in [5.41, 5.74) is 4.49. The van der Waals surface area contributed by atoms with Crippen molar-refractivity contribution >= 4 is 10.8 Å². The first kappa shape index (κ1) is 14.5. The molecule has 19 heavy (non-hydrogen) atoms. The van der Waals surface area contributed by atoms with Gasteiger partial charge < -0.3 is 21.5 Å². The van der Waals surface area contributed by atoms with Gasteiger partial charge >= 0.3 is 0 Å². The van der Waals surface area contributed by atoms with Crippen LogP contribution in [0.2, 0.25) is 0 Å². The minimum absolute atomic E-state index is 0. The quantitative estimate of drug-likeness (QED) is 0.725. The van der Waals surface area contributed by atoms with E-state index in [4.69, 9.17) is 0 Å². The van der Waals surface area contributed by atoms with Gasteiger partial charge in [0.05, 0.1) is 13.1 Å². The molecule has 1 aliphatic rings. The molecule has 3 rings (SSSR count). The van der Waals surface area contributed by atoms with E-state index in [0.717, 1.165) is 0 Å². The normalized spacial score (nSPS) is 16.2. The van der Waals surface area contributed by atoms with E-state index in [0.29, 0.717) is 0 Å². The molecule has 0 spiro atoms. The van der Waals surface area contributed by atoms with Crippen LogP contribution in [0.1, 0.15) is 30.5 Å². The fourth-order valence-electron chi connectivity index (χ4n) is 3.26. The monoisotopic (exact) mass is 319 g/mol. The van der Waals surface area contributed by atoms with Gasteiger partial charge in [0.25, 0.3) is 0 Å². The zero-order chi connectivity index (χ0) is 12.8. The Morgan fingerprint density at radius 2 is 1.47 bits per heavy atom. The highest BCUT2D eigenvalue weighted by Gasteiger charge is 2.32. The Morgan fingerprint density at radius 1 is 0.895 bits per heavy atom. The Bertz CT molecular complexity index is 599. The van der Waals surface area contributed by atoms with Gasteiger partial charge in [0.15, 0.2) is 0 Å². The second-order valence-electron chi connectivity index (χ2n) is 5.76. The smallest absolute Gasteiger partial charge is 0.105 e. The van der Waals surface area contributed by atoms with E-state index in [1.54, 1.807) is 11.1 Å². The van der Waals surface area contributed by atoms with E-state index < -0.39 is 0 Å². The molecule has 0 radical (unpaired) electrons. The maximum absolute atomic E-state index is 2.42. The summed E-state index contributed by atoms with van der Waals surface area (Å²) in [5.74, 6) is 0. The lowest BCUT2D eigenvalue weighted by Gasteiger charge is -2.31. The van der Waals surface area contributed by atoms with Crippen molar-refractivity contribution in [1.29, 1.82) is 0 Å². The van der Waals surface area contributed by atoms with Crippen LogP contribution in [0, 0.1) is 6.92 Å². The van der Waals surface area contributed by atoms with Gasteiger partial charge in [0.2, 0.25) is 0 Å². The van der Waals surface area contributed by atoms with E-state index in [-0.39, 0.29) is 17.0 Å². The van der Waals surface area contributed by atoms with Gasteiger partial charge in [-0.1, -0.05) is 23.8 Å². The van der Waals surface area contributed by atoms with Crippen LogP contribution in [-0.4, -0.2) is 17.6 Å². The average molecular weight is 320 g/mol. The van der Waals surface area contributed by atoms with Crippen LogP contribution < -0.4 is 17.0 Å². The Kier molecular flexibility index (Phi) is 4.03. The summed E-state index contributed by atoms with van der Waals surface area (Å²) in [6, 6.07) is 11.6. The molecule has 0 saturated carbocycles. The Hall–Kier alpha value is -0.860. The van der Waals surface area contributed by atoms with E-state index >= 15 is 0 Å². The molecule has 2 aromatic carbocycles. The summed E-state index contributed by atoms with van der Waals surface area (Å²) < 4.78 is 1.23. The van der Waals surface area contributed by atoms with Crippen molar-refractivity contribution in [1.82, 2.24) is 0 Å². The molecule has 2 heteroatoms. The van der Waals surface area contributed by atoms with Gasteiger partial charge in [0, 0.05) is 11.1 Å². The van der Waals surface area contributed by atoms with Gasteiger partial charge in [-0.2, -0.15) is 0 Å². The first-order chi connectivity index (χ1) is 8.65. The van der Waals surface area contributed by atoms with Gasteiger partial charge in [-0.3, -0.25) is 0 Å². The zero-order valence-corrected chi connectivity index (χ0v) is 13.6. The SMILES string of the molecule is CC[N+]1(CC)Cc2cc3ccc(C)cc3cc2C1.[Br-]. The lowest BCUT2D eigenvalue weighted by Crippen LogP contribution is -3.00. The number of fused-ring (bicyclic) bond motifs is 2. The maximum Gasteiger partial charge on any atom is 0.105 e. The van der Waals surface area contributed by atoms with Crippen LogP contribution in [0.25, 0.3) is 10.8 Å². The van der Waals surface area contributed by atoms with Crippen molar-refractivity contribution in [3.8, 4) is 0 Å². The standard InChI is InChI=1S/C17H22N.BrH/c1-4-18(5-2)11-16-9-14-7-6-13(3)8-15(14)10-17(16)12-18;/h6-10H,4-5,11-12H2,1-3H3;1H/q+1;/p-1. The summed E-state index contributed by atoms with van der Waals surface area (Å²) in [4.78, 5) is 0. The molecule has 2 aromatic rings. The summed E-state index contributed by atoms with van der Waals surface area (Å²) in [6.45, 7) is 11.7. The molecule has 0 aliphatic carbocycles. The summed E-state index contributed by atoms with van der Waals surface area (Å²) in [7, 11) is 0. The molecular formula is C17H22BrN. The maximum atomic E-state index is 2.42. The van der Waals surface area contributed by atoms with Crippen LogP contribution in [0.4, 0.5) is 0 Å². The first-order valence-electron chi connectivity index (χ1n) is 7.03. The molecule has 0 bridgehead atoms. The van der Waals surface area contributed by atoms with Crippen LogP contribution in [0.15, 0.2) is 30.3 Å². The van der Waals surface area contributed by atoms with Crippen molar-refractivity contribution in [3.63, 3.8) is 0 Å². The molecule has 1 heterocycles. The third kappa shape index (κ3) is 2.44. The lowest BCUT2D eigenvalue weighted by atomic mass is 10.0. The third-order valence-electron chi connectivity index (χ3n) is 4.67. The van der Waals surface area contributed by atoms with Crippen molar-refractivity contribution in [2.75, 3.05) is 13.1 Å². The Morgan fingerprint density at radius 3 is 2.05 bits per heavy atom. The number of halogens is 1. The predicted octanol–water partition coefficient (Wildman–Crippen LogP) is 1.02. The minimum Gasteiger partial charge on any atom is -1.00 e. The molecule has 0 aromatic heterocycles. The average Bonchev–Trinajstić information content (AvgIpc) is 2.74. The predicted molar refractivity (Wildman–Crippen MR) is 77.4 cm³/mol. The summed E-state index contributed by atoms with van der Waals surface area (Å²) >= 11 is 0. The van der Waals surface area contributed by atoms with Crippen LogP contribution >= 0.6 is 0 Å². The minimum atomic E-state index is 0. The van der Waals surface area contributed by atoms with E-state index in [2.05, 4.69) is 51.1 Å². The Balaban J connectivity index is 0.00000133. The number of rotatable bonds is 2. The molecular weight excluding hydrogens is 298 g/mol. The number of aryl methyl sites for hydroxylation is 1. The number of hydrogen-bond donors (Lipinski definition) is 0. The van der Waals surface area contributed by atoms with Crippen molar-refractivity contribution < 1.29 is 21.5 Å². The van der Waals surface area contributed by atoms with Crippen LogP contribution in [0.5, 0.6) is 0 Å². The highest BCUT2D eigenvalue weighted by Crippen LogP contribution is 2.33. The van der Waals surface area contributed by atoms with Gasteiger partial charge in [-0.25, -0.2) is 0 Å².